The van der Waals surface area contributed by atoms with Gasteiger partial charge in [-0.15, -0.1) is 0 Å². The first-order valence-electron chi connectivity index (χ1n) is 7.93. The van der Waals surface area contributed by atoms with Crippen LogP contribution >= 0.6 is 23.2 Å². The summed E-state index contributed by atoms with van der Waals surface area (Å²) in [5.74, 6) is 1.20. The molecule has 9 heteroatoms. The number of halogens is 2. The quantitative estimate of drug-likeness (QED) is 0.743. The number of anilines is 2. The van der Waals surface area contributed by atoms with Gasteiger partial charge in [0.1, 0.15) is 12.1 Å². The average Bonchev–Trinajstić information content (AvgIpc) is 3.13. The lowest BCUT2D eigenvalue weighted by Gasteiger charge is -2.39. The zero-order chi connectivity index (χ0) is 18.1. The van der Waals surface area contributed by atoms with Crippen molar-refractivity contribution < 1.29 is 4.79 Å². The molecule has 0 spiro atoms. The molecule has 1 fully saturated rings. The monoisotopic (exact) mass is 388 g/mol. The molecule has 1 saturated heterocycles. The van der Waals surface area contributed by atoms with E-state index in [0.717, 1.165) is 5.82 Å². The van der Waals surface area contributed by atoms with Crippen LogP contribution < -0.4 is 10.2 Å². The van der Waals surface area contributed by atoms with E-state index in [1.807, 2.05) is 23.2 Å². The molecule has 132 valence electrons. The van der Waals surface area contributed by atoms with Gasteiger partial charge in [-0.1, -0.05) is 29.3 Å². The number of aromatic nitrogens is 4. The molecule has 1 aliphatic rings. The highest BCUT2D eigenvalue weighted by Crippen LogP contribution is 2.31. The van der Waals surface area contributed by atoms with Gasteiger partial charge in [-0.3, -0.25) is 4.79 Å². The lowest BCUT2D eigenvalue weighted by atomic mass is 9.99. The molecule has 0 unspecified atom stereocenters. The molecular weight excluding hydrogens is 375 g/mol. The van der Waals surface area contributed by atoms with Crippen LogP contribution in [0.1, 0.15) is 0 Å². The molecule has 1 aliphatic heterocycles. The Hall–Kier alpha value is -2.64. The van der Waals surface area contributed by atoms with Gasteiger partial charge in [0.25, 0.3) is 0 Å². The molecule has 0 bridgehead atoms. The summed E-state index contributed by atoms with van der Waals surface area (Å²) in [6, 6.07) is 8.82. The molecule has 2 aromatic heterocycles. The van der Waals surface area contributed by atoms with E-state index < -0.39 is 0 Å². The van der Waals surface area contributed by atoms with Crippen molar-refractivity contribution in [2.24, 2.45) is 5.92 Å². The zero-order valence-corrected chi connectivity index (χ0v) is 15.0. The molecule has 0 saturated carbocycles. The van der Waals surface area contributed by atoms with Crippen LogP contribution in [0, 0.1) is 5.92 Å². The van der Waals surface area contributed by atoms with Crippen LogP contribution in [0.5, 0.6) is 0 Å². The van der Waals surface area contributed by atoms with E-state index >= 15 is 0 Å². The van der Waals surface area contributed by atoms with E-state index in [1.54, 1.807) is 29.1 Å². The first-order valence-corrected chi connectivity index (χ1v) is 8.69. The fraction of sp³-hybridized carbons (Fsp3) is 0.176. The summed E-state index contributed by atoms with van der Waals surface area (Å²) < 4.78 is 1.66. The molecule has 3 heterocycles. The molecule has 0 aliphatic carbocycles. The van der Waals surface area contributed by atoms with Gasteiger partial charge in [-0.05, 0) is 18.2 Å². The molecule has 3 aromatic rings. The summed E-state index contributed by atoms with van der Waals surface area (Å²) in [4.78, 5) is 22.9. The third-order valence-electron chi connectivity index (χ3n) is 4.16. The van der Waals surface area contributed by atoms with Gasteiger partial charge in [0.15, 0.2) is 5.82 Å². The van der Waals surface area contributed by atoms with Gasteiger partial charge in [0, 0.05) is 31.5 Å². The molecule has 1 aromatic carbocycles. The van der Waals surface area contributed by atoms with Crippen LogP contribution in [0.4, 0.5) is 11.5 Å². The number of benzene rings is 1. The molecular formula is C17H14Cl2N6O. The fourth-order valence-corrected chi connectivity index (χ4v) is 3.05. The number of hydrogen-bond donors (Lipinski definition) is 1. The maximum atomic E-state index is 12.4. The minimum Gasteiger partial charge on any atom is -0.355 e. The van der Waals surface area contributed by atoms with E-state index in [9.17, 15) is 4.79 Å². The Balaban J connectivity index is 1.40. The first kappa shape index (κ1) is 16.8. The molecule has 1 amide bonds. The Kier molecular flexibility index (Phi) is 4.48. The summed E-state index contributed by atoms with van der Waals surface area (Å²) in [6.07, 6.45) is 4.99. The van der Waals surface area contributed by atoms with Gasteiger partial charge in [-0.25, -0.2) is 14.6 Å². The van der Waals surface area contributed by atoms with E-state index in [0.29, 0.717) is 34.6 Å². The van der Waals surface area contributed by atoms with Gasteiger partial charge >= 0.3 is 0 Å². The van der Waals surface area contributed by atoms with Crippen molar-refractivity contribution in [1.29, 1.82) is 0 Å². The summed E-state index contributed by atoms with van der Waals surface area (Å²) in [7, 11) is 0. The van der Waals surface area contributed by atoms with E-state index in [-0.39, 0.29) is 11.8 Å². The van der Waals surface area contributed by atoms with Crippen molar-refractivity contribution in [2.45, 2.75) is 0 Å². The molecule has 4 rings (SSSR count). The van der Waals surface area contributed by atoms with Crippen molar-refractivity contribution in [3.8, 4) is 5.82 Å². The predicted octanol–water partition coefficient (Wildman–Crippen LogP) is 3.04. The SMILES string of the molecule is O=C(Nc1cccc(Cl)c1Cl)C1CN(c2cc(-n3cccn3)ncn2)C1. The first-order chi connectivity index (χ1) is 12.6. The second-order valence-corrected chi connectivity index (χ2v) is 6.66. The minimum atomic E-state index is -0.145. The Labute approximate surface area is 159 Å². The molecule has 7 nitrogen and oxygen atoms in total. The number of amides is 1. The second kappa shape index (κ2) is 6.93. The molecule has 0 radical (unpaired) electrons. The third-order valence-corrected chi connectivity index (χ3v) is 4.98. The van der Waals surface area contributed by atoms with Crippen molar-refractivity contribution >= 4 is 40.6 Å². The van der Waals surface area contributed by atoms with E-state index in [2.05, 4.69) is 20.4 Å². The van der Waals surface area contributed by atoms with Crippen LogP contribution in [-0.2, 0) is 4.79 Å². The highest BCUT2D eigenvalue weighted by molar-refractivity contribution is 6.44. The number of carbonyl (C=O) groups is 1. The highest BCUT2D eigenvalue weighted by atomic mass is 35.5. The Bertz CT molecular complexity index is 940. The third kappa shape index (κ3) is 3.23. The number of hydrogen-bond acceptors (Lipinski definition) is 5. The van der Waals surface area contributed by atoms with Gasteiger partial charge in [0.05, 0.1) is 21.7 Å². The van der Waals surface area contributed by atoms with Crippen molar-refractivity contribution in [2.75, 3.05) is 23.3 Å². The summed E-state index contributed by atoms with van der Waals surface area (Å²) >= 11 is 12.1. The predicted molar refractivity (Wildman–Crippen MR) is 99.9 cm³/mol. The zero-order valence-electron chi connectivity index (χ0n) is 13.5. The van der Waals surface area contributed by atoms with E-state index in [4.69, 9.17) is 23.2 Å². The normalized spacial score (nSPS) is 14.2. The van der Waals surface area contributed by atoms with Crippen LogP contribution in [0.15, 0.2) is 49.1 Å². The van der Waals surface area contributed by atoms with Crippen LogP contribution in [0.25, 0.3) is 5.82 Å². The fourth-order valence-electron chi connectivity index (χ4n) is 2.71. The minimum absolute atomic E-state index is 0.0910. The highest BCUT2D eigenvalue weighted by Gasteiger charge is 2.34. The second-order valence-electron chi connectivity index (χ2n) is 5.88. The topological polar surface area (TPSA) is 75.9 Å². The van der Waals surface area contributed by atoms with Crippen LogP contribution in [-0.4, -0.2) is 38.7 Å². The maximum absolute atomic E-state index is 12.4. The summed E-state index contributed by atoms with van der Waals surface area (Å²) in [6.45, 7) is 1.14. The number of nitrogens with one attached hydrogen (secondary N) is 1. The van der Waals surface area contributed by atoms with Gasteiger partial charge in [0.2, 0.25) is 5.91 Å². The maximum Gasteiger partial charge on any atom is 0.231 e. The Morgan fingerprint density at radius 2 is 1.96 bits per heavy atom. The molecule has 1 N–H and O–H groups in total. The number of carbonyl (C=O) groups excluding carboxylic acids is 1. The lowest BCUT2D eigenvalue weighted by molar-refractivity contribution is -0.120. The van der Waals surface area contributed by atoms with Crippen molar-refractivity contribution in [3.63, 3.8) is 0 Å². The van der Waals surface area contributed by atoms with Crippen LogP contribution in [0.3, 0.4) is 0 Å². The molecule has 0 atom stereocenters. The molecule has 26 heavy (non-hydrogen) atoms. The van der Waals surface area contributed by atoms with Crippen molar-refractivity contribution in [3.05, 3.63) is 59.1 Å². The van der Waals surface area contributed by atoms with Crippen molar-refractivity contribution in [1.82, 2.24) is 19.7 Å². The van der Waals surface area contributed by atoms with Gasteiger partial charge in [-0.2, -0.15) is 5.10 Å². The number of nitrogens with zero attached hydrogens (tertiary/aromatic N) is 5. The van der Waals surface area contributed by atoms with Gasteiger partial charge < -0.3 is 10.2 Å². The average molecular weight is 389 g/mol. The largest absolute Gasteiger partial charge is 0.355 e. The summed E-state index contributed by atoms with van der Waals surface area (Å²) in [5.41, 5.74) is 0.519. The lowest BCUT2D eigenvalue weighted by Crippen LogP contribution is -2.52. The Morgan fingerprint density at radius 1 is 1.15 bits per heavy atom. The van der Waals surface area contributed by atoms with E-state index in [1.165, 1.54) is 6.33 Å². The smallest absolute Gasteiger partial charge is 0.231 e. The summed E-state index contributed by atoms with van der Waals surface area (Å²) in [5, 5.41) is 7.74. The Morgan fingerprint density at radius 3 is 2.73 bits per heavy atom. The number of rotatable bonds is 4. The standard InChI is InChI=1S/C17H14Cl2N6O/c18-12-3-1-4-13(16(12)19)23-17(26)11-8-24(9-11)14-7-15(21-10-20-14)25-6-2-5-22-25/h1-7,10-11H,8-9H2,(H,23,26). The van der Waals surface area contributed by atoms with Crippen LogP contribution in [0.2, 0.25) is 10.0 Å².